The van der Waals surface area contributed by atoms with E-state index < -0.39 is 0 Å². The largest absolute Gasteiger partial charge is 0.271 e. The van der Waals surface area contributed by atoms with Gasteiger partial charge in [-0.25, -0.2) is 9.97 Å². The van der Waals surface area contributed by atoms with Gasteiger partial charge in [0.25, 0.3) is 0 Å². The van der Waals surface area contributed by atoms with Crippen LogP contribution in [0.1, 0.15) is 30.4 Å². The van der Waals surface area contributed by atoms with Crippen LogP contribution < -0.4 is 11.3 Å². The lowest BCUT2D eigenvalue weighted by molar-refractivity contribution is 0.506. The predicted molar refractivity (Wildman–Crippen MR) is 56.3 cm³/mol. The molecule has 0 aliphatic heterocycles. The molecule has 1 aromatic heterocycles. The number of nitrogens with one attached hydrogen (secondary N) is 1. The molecule has 0 spiro atoms. The molecule has 0 radical (unpaired) electrons. The Labute approximate surface area is 84.2 Å². The third kappa shape index (κ3) is 2.90. The van der Waals surface area contributed by atoms with Crippen LogP contribution in [0.15, 0.2) is 24.9 Å². The van der Waals surface area contributed by atoms with Crippen molar-refractivity contribution >= 4 is 0 Å². The lowest BCUT2D eigenvalue weighted by Gasteiger charge is -2.14. The third-order valence-electron chi connectivity index (χ3n) is 2.02. The van der Waals surface area contributed by atoms with E-state index in [1.165, 1.54) is 0 Å². The molecule has 1 unspecified atom stereocenters. The van der Waals surface area contributed by atoms with Crippen molar-refractivity contribution in [1.29, 1.82) is 0 Å². The average Bonchev–Trinajstić information content (AvgIpc) is 2.19. The van der Waals surface area contributed by atoms with Crippen molar-refractivity contribution in [3.63, 3.8) is 0 Å². The first-order valence-corrected chi connectivity index (χ1v) is 4.64. The third-order valence-corrected chi connectivity index (χ3v) is 2.02. The Kier molecular flexibility index (Phi) is 4.22. The molecule has 0 saturated heterocycles. The van der Waals surface area contributed by atoms with Crippen molar-refractivity contribution in [2.24, 2.45) is 5.84 Å². The molecule has 0 aliphatic rings. The predicted octanol–water partition coefficient (Wildman–Crippen LogP) is 1.26. The highest BCUT2D eigenvalue weighted by Gasteiger charge is 2.09. The number of hydrogen-bond acceptors (Lipinski definition) is 4. The summed E-state index contributed by atoms with van der Waals surface area (Å²) in [4.78, 5) is 8.35. The van der Waals surface area contributed by atoms with Gasteiger partial charge in [-0.05, 0) is 25.8 Å². The lowest BCUT2D eigenvalue weighted by atomic mass is 10.1. The highest BCUT2D eigenvalue weighted by Crippen LogP contribution is 2.14. The van der Waals surface area contributed by atoms with Gasteiger partial charge >= 0.3 is 0 Å². The van der Waals surface area contributed by atoms with Crippen LogP contribution in [-0.4, -0.2) is 9.97 Å². The van der Waals surface area contributed by atoms with Gasteiger partial charge < -0.3 is 0 Å². The molecular weight excluding hydrogens is 176 g/mol. The monoisotopic (exact) mass is 192 g/mol. The van der Waals surface area contributed by atoms with Crippen molar-refractivity contribution in [2.75, 3.05) is 0 Å². The smallest absolute Gasteiger partial charge is 0.125 e. The number of rotatable bonds is 5. The van der Waals surface area contributed by atoms with Crippen LogP contribution in [-0.2, 0) is 0 Å². The highest BCUT2D eigenvalue weighted by atomic mass is 15.2. The summed E-state index contributed by atoms with van der Waals surface area (Å²) < 4.78 is 0. The first-order chi connectivity index (χ1) is 6.77. The molecular formula is C10H16N4. The van der Waals surface area contributed by atoms with Crippen molar-refractivity contribution in [3.8, 4) is 0 Å². The van der Waals surface area contributed by atoms with Crippen molar-refractivity contribution in [1.82, 2.24) is 15.4 Å². The van der Waals surface area contributed by atoms with Gasteiger partial charge in [0.2, 0.25) is 0 Å². The fourth-order valence-corrected chi connectivity index (χ4v) is 1.27. The molecule has 0 amide bonds. The molecule has 14 heavy (non-hydrogen) atoms. The summed E-state index contributed by atoms with van der Waals surface area (Å²) in [6, 6.07) is 1.95. The van der Waals surface area contributed by atoms with Gasteiger partial charge in [-0.1, -0.05) is 6.08 Å². The van der Waals surface area contributed by atoms with E-state index in [1.807, 2.05) is 19.1 Å². The first-order valence-electron chi connectivity index (χ1n) is 4.64. The summed E-state index contributed by atoms with van der Waals surface area (Å²) in [5.41, 5.74) is 3.67. The zero-order valence-corrected chi connectivity index (χ0v) is 8.40. The van der Waals surface area contributed by atoms with E-state index in [0.717, 1.165) is 24.4 Å². The summed E-state index contributed by atoms with van der Waals surface area (Å²) >= 11 is 0. The summed E-state index contributed by atoms with van der Waals surface area (Å²) in [5, 5.41) is 0. The highest BCUT2D eigenvalue weighted by molar-refractivity contribution is 5.07. The van der Waals surface area contributed by atoms with E-state index in [0.29, 0.717) is 0 Å². The van der Waals surface area contributed by atoms with Gasteiger partial charge in [0.1, 0.15) is 5.82 Å². The van der Waals surface area contributed by atoms with Crippen LogP contribution in [0.2, 0.25) is 0 Å². The molecule has 4 heteroatoms. The molecule has 1 heterocycles. The van der Waals surface area contributed by atoms with E-state index in [-0.39, 0.29) is 6.04 Å². The minimum absolute atomic E-state index is 0.0784. The minimum atomic E-state index is 0.0784. The second-order valence-corrected chi connectivity index (χ2v) is 3.11. The summed E-state index contributed by atoms with van der Waals surface area (Å²) in [5.74, 6) is 6.22. The lowest BCUT2D eigenvalue weighted by Crippen LogP contribution is -2.28. The molecule has 0 bridgehead atoms. The molecule has 3 N–H and O–H groups in total. The number of nitrogens with zero attached hydrogens (tertiary/aromatic N) is 2. The fourth-order valence-electron chi connectivity index (χ4n) is 1.27. The molecule has 76 valence electrons. The number of allylic oxidation sites excluding steroid dienone is 1. The zero-order valence-electron chi connectivity index (χ0n) is 8.40. The number of hydrazine groups is 1. The van der Waals surface area contributed by atoms with Crippen LogP contribution in [0.5, 0.6) is 0 Å². The second-order valence-electron chi connectivity index (χ2n) is 3.11. The topological polar surface area (TPSA) is 63.8 Å². The SMILES string of the molecule is C=CCCC(NN)c1ccnc(C)n1. The maximum atomic E-state index is 5.45. The Bertz CT molecular complexity index is 298. The molecule has 4 nitrogen and oxygen atoms in total. The Morgan fingerprint density at radius 3 is 3.07 bits per heavy atom. The van der Waals surface area contributed by atoms with E-state index >= 15 is 0 Å². The van der Waals surface area contributed by atoms with E-state index in [2.05, 4.69) is 22.0 Å². The van der Waals surface area contributed by atoms with E-state index in [9.17, 15) is 0 Å². The van der Waals surface area contributed by atoms with Gasteiger partial charge in [-0.15, -0.1) is 6.58 Å². The minimum Gasteiger partial charge on any atom is -0.271 e. The van der Waals surface area contributed by atoms with Crippen LogP contribution in [0.25, 0.3) is 0 Å². The first kappa shape index (κ1) is 10.8. The average molecular weight is 192 g/mol. The fraction of sp³-hybridized carbons (Fsp3) is 0.400. The quantitative estimate of drug-likeness (QED) is 0.419. The van der Waals surface area contributed by atoms with Crippen molar-refractivity contribution in [3.05, 3.63) is 36.4 Å². The van der Waals surface area contributed by atoms with Gasteiger partial charge in [0, 0.05) is 6.20 Å². The van der Waals surface area contributed by atoms with Crippen LogP contribution in [0.3, 0.4) is 0 Å². The van der Waals surface area contributed by atoms with Gasteiger partial charge in [-0.3, -0.25) is 11.3 Å². The number of aryl methyl sites for hydroxylation is 1. The number of nitrogens with two attached hydrogens (primary N) is 1. The number of aromatic nitrogens is 2. The summed E-state index contributed by atoms with van der Waals surface area (Å²) in [7, 11) is 0. The van der Waals surface area contributed by atoms with Crippen LogP contribution in [0.4, 0.5) is 0 Å². The molecule has 0 saturated carbocycles. The molecule has 1 atom stereocenters. The van der Waals surface area contributed by atoms with Crippen molar-refractivity contribution < 1.29 is 0 Å². The maximum Gasteiger partial charge on any atom is 0.125 e. The summed E-state index contributed by atoms with van der Waals surface area (Å²) in [6.45, 7) is 5.54. The Hall–Kier alpha value is -1.26. The van der Waals surface area contributed by atoms with Gasteiger partial charge in [0.15, 0.2) is 0 Å². The van der Waals surface area contributed by atoms with Gasteiger partial charge in [-0.2, -0.15) is 0 Å². The molecule has 1 rings (SSSR count). The van der Waals surface area contributed by atoms with E-state index in [1.54, 1.807) is 6.20 Å². The summed E-state index contributed by atoms with van der Waals surface area (Å²) in [6.07, 6.45) is 5.43. The number of hydrogen-bond donors (Lipinski definition) is 2. The Morgan fingerprint density at radius 1 is 1.71 bits per heavy atom. The molecule has 0 aromatic carbocycles. The molecule has 1 aromatic rings. The standard InChI is InChI=1S/C10H16N4/c1-3-4-5-10(14-11)9-6-7-12-8(2)13-9/h3,6-7,10,14H,1,4-5,11H2,2H3. The Morgan fingerprint density at radius 2 is 2.50 bits per heavy atom. The maximum absolute atomic E-state index is 5.45. The molecule has 0 aliphatic carbocycles. The van der Waals surface area contributed by atoms with Crippen molar-refractivity contribution in [2.45, 2.75) is 25.8 Å². The van der Waals surface area contributed by atoms with Crippen LogP contribution >= 0.6 is 0 Å². The van der Waals surface area contributed by atoms with E-state index in [4.69, 9.17) is 5.84 Å². The zero-order chi connectivity index (χ0) is 10.4. The normalized spacial score (nSPS) is 12.4. The second kappa shape index (κ2) is 5.47. The molecule has 0 fully saturated rings. The van der Waals surface area contributed by atoms with Gasteiger partial charge in [0.05, 0.1) is 11.7 Å². The Balaban J connectivity index is 2.72. The van der Waals surface area contributed by atoms with Crippen LogP contribution in [0, 0.1) is 6.92 Å².